The Labute approximate surface area is 117 Å². The number of methoxy groups -OCH3 is 1. The zero-order valence-electron chi connectivity index (χ0n) is 11.8. The molecular formula is C14H18N4O2. The van der Waals surface area contributed by atoms with E-state index in [9.17, 15) is 4.79 Å². The maximum atomic E-state index is 12.1. The van der Waals surface area contributed by atoms with Crippen LogP contribution in [-0.4, -0.2) is 22.8 Å². The number of amides is 1. The molecule has 0 aliphatic carbocycles. The van der Waals surface area contributed by atoms with Crippen LogP contribution in [0, 0.1) is 0 Å². The molecule has 6 heteroatoms. The van der Waals surface area contributed by atoms with Gasteiger partial charge in [0.1, 0.15) is 5.75 Å². The lowest BCUT2D eigenvalue weighted by Crippen LogP contribution is -2.12. The molecule has 0 radical (unpaired) electrons. The van der Waals surface area contributed by atoms with E-state index in [1.807, 2.05) is 13.8 Å². The van der Waals surface area contributed by atoms with Gasteiger partial charge in [0.2, 0.25) is 0 Å². The Bertz CT molecular complexity index is 619. The van der Waals surface area contributed by atoms with Gasteiger partial charge in [-0.15, -0.1) is 0 Å². The Morgan fingerprint density at radius 3 is 2.80 bits per heavy atom. The first-order valence-electron chi connectivity index (χ1n) is 6.30. The molecule has 20 heavy (non-hydrogen) atoms. The van der Waals surface area contributed by atoms with Crippen molar-refractivity contribution >= 4 is 17.3 Å². The minimum Gasteiger partial charge on any atom is -0.495 e. The van der Waals surface area contributed by atoms with E-state index in [1.54, 1.807) is 35.3 Å². The van der Waals surface area contributed by atoms with E-state index in [2.05, 4.69) is 10.4 Å². The highest BCUT2D eigenvalue weighted by Crippen LogP contribution is 2.22. The van der Waals surface area contributed by atoms with Gasteiger partial charge in [-0.3, -0.25) is 9.48 Å². The van der Waals surface area contributed by atoms with Gasteiger partial charge in [0.25, 0.3) is 5.91 Å². The van der Waals surface area contributed by atoms with E-state index in [0.717, 1.165) is 0 Å². The zero-order chi connectivity index (χ0) is 14.7. The second kappa shape index (κ2) is 5.64. The van der Waals surface area contributed by atoms with Crippen molar-refractivity contribution in [3.05, 3.63) is 36.2 Å². The summed E-state index contributed by atoms with van der Waals surface area (Å²) in [6.45, 7) is 4.03. The number of nitrogens with two attached hydrogens (primary N) is 1. The number of rotatable bonds is 4. The van der Waals surface area contributed by atoms with Gasteiger partial charge in [-0.1, -0.05) is 0 Å². The number of anilines is 2. The summed E-state index contributed by atoms with van der Waals surface area (Å²) in [5, 5.41) is 6.95. The molecule has 0 aliphatic rings. The van der Waals surface area contributed by atoms with Gasteiger partial charge in [0.15, 0.2) is 0 Å². The van der Waals surface area contributed by atoms with E-state index in [1.165, 1.54) is 7.11 Å². The first kappa shape index (κ1) is 13.9. The van der Waals surface area contributed by atoms with Gasteiger partial charge in [-0.05, 0) is 32.0 Å². The summed E-state index contributed by atoms with van der Waals surface area (Å²) in [7, 11) is 1.51. The van der Waals surface area contributed by atoms with Gasteiger partial charge in [-0.25, -0.2) is 0 Å². The SMILES string of the molecule is COc1cc(C(=O)Nc2cnn(C(C)C)c2)ccc1N. The minimum absolute atomic E-state index is 0.230. The van der Waals surface area contributed by atoms with Crippen LogP contribution in [0.15, 0.2) is 30.6 Å². The van der Waals surface area contributed by atoms with Crippen LogP contribution in [0.4, 0.5) is 11.4 Å². The van der Waals surface area contributed by atoms with Crippen LogP contribution in [0.2, 0.25) is 0 Å². The number of nitrogens with one attached hydrogen (secondary N) is 1. The van der Waals surface area contributed by atoms with Crippen molar-refractivity contribution in [2.45, 2.75) is 19.9 Å². The molecule has 3 N–H and O–H groups in total. The van der Waals surface area contributed by atoms with Crippen LogP contribution in [0.1, 0.15) is 30.2 Å². The number of carbonyl (C=O) groups excluding carboxylic acids is 1. The second-order valence-corrected chi connectivity index (χ2v) is 4.71. The van der Waals surface area contributed by atoms with E-state index >= 15 is 0 Å². The molecule has 2 aromatic rings. The number of benzene rings is 1. The number of aromatic nitrogens is 2. The number of nitrogen functional groups attached to an aromatic ring is 1. The molecule has 1 heterocycles. The summed E-state index contributed by atoms with van der Waals surface area (Å²) in [5.41, 5.74) is 7.35. The standard InChI is InChI=1S/C14H18N4O2/c1-9(2)18-8-11(7-16-18)17-14(19)10-4-5-12(15)13(6-10)20-3/h4-9H,15H2,1-3H3,(H,17,19). The molecule has 0 fully saturated rings. The fourth-order valence-corrected chi connectivity index (χ4v) is 1.74. The van der Waals surface area contributed by atoms with Crippen molar-refractivity contribution in [3.8, 4) is 5.75 Å². The van der Waals surface area contributed by atoms with Crippen molar-refractivity contribution < 1.29 is 9.53 Å². The first-order chi connectivity index (χ1) is 9.51. The predicted molar refractivity (Wildman–Crippen MR) is 78.0 cm³/mol. The van der Waals surface area contributed by atoms with Crippen LogP contribution >= 0.6 is 0 Å². The molecule has 2 rings (SSSR count). The smallest absolute Gasteiger partial charge is 0.255 e. The number of ether oxygens (including phenoxy) is 1. The molecule has 0 saturated heterocycles. The summed E-state index contributed by atoms with van der Waals surface area (Å²) in [6.07, 6.45) is 3.41. The average Bonchev–Trinajstić information content (AvgIpc) is 2.88. The predicted octanol–water partition coefficient (Wildman–Crippen LogP) is 2.31. The molecule has 6 nitrogen and oxygen atoms in total. The third kappa shape index (κ3) is 2.90. The Hall–Kier alpha value is -2.50. The Kier molecular flexibility index (Phi) is 3.93. The lowest BCUT2D eigenvalue weighted by Gasteiger charge is -2.07. The minimum atomic E-state index is -0.230. The average molecular weight is 274 g/mol. The Morgan fingerprint density at radius 2 is 2.20 bits per heavy atom. The quantitative estimate of drug-likeness (QED) is 0.838. The fourth-order valence-electron chi connectivity index (χ4n) is 1.74. The fraction of sp³-hybridized carbons (Fsp3) is 0.286. The third-order valence-corrected chi connectivity index (χ3v) is 2.88. The van der Waals surface area contributed by atoms with Crippen molar-refractivity contribution in [2.75, 3.05) is 18.2 Å². The summed E-state index contributed by atoms with van der Waals surface area (Å²) >= 11 is 0. The third-order valence-electron chi connectivity index (χ3n) is 2.88. The van der Waals surface area contributed by atoms with Crippen LogP contribution in [0.3, 0.4) is 0 Å². The Morgan fingerprint density at radius 1 is 1.45 bits per heavy atom. The van der Waals surface area contributed by atoms with Gasteiger partial charge in [-0.2, -0.15) is 5.10 Å². The van der Waals surface area contributed by atoms with Gasteiger partial charge in [0, 0.05) is 17.8 Å². The highest BCUT2D eigenvalue weighted by atomic mass is 16.5. The van der Waals surface area contributed by atoms with Crippen molar-refractivity contribution in [2.24, 2.45) is 0 Å². The number of hydrogen-bond acceptors (Lipinski definition) is 4. The monoisotopic (exact) mass is 274 g/mol. The molecule has 0 unspecified atom stereocenters. The summed E-state index contributed by atoms with van der Waals surface area (Å²) in [5.74, 6) is 0.252. The number of nitrogens with zero attached hydrogens (tertiary/aromatic N) is 2. The van der Waals surface area contributed by atoms with Crippen LogP contribution in [0.5, 0.6) is 5.75 Å². The molecule has 0 aliphatic heterocycles. The van der Waals surface area contributed by atoms with Crippen molar-refractivity contribution in [3.63, 3.8) is 0 Å². The molecular weight excluding hydrogens is 256 g/mol. The zero-order valence-corrected chi connectivity index (χ0v) is 11.8. The highest BCUT2D eigenvalue weighted by molar-refractivity contribution is 6.04. The van der Waals surface area contributed by atoms with E-state index in [4.69, 9.17) is 10.5 Å². The first-order valence-corrected chi connectivity index (χ1v) is 6.30. The molecule has 0 bridgehead atoms. The van der Waals surface area contributed by atoms with E-state index in [-0.39, 0.29) is 11.9 Å². The molecule has 1 aromatic carbocycles. The number of hydrogen-bond donors (Lipinski definition) is 2. The lowest BCUT2D eigenvalue weighted by molar-refractivity contribution is 0.102. The van der Waals surface area contributed by atoms with Gasteiger partial charge in [0.05, 0.1) is 24.7 Å². The van der Waals surface area contributed by atoms with Crippen LogP contribution in [0.25, 0.3) is 0 Å². The molecule has 1 aromatic heterocycles. The summed E-state index contributed by atoms with van der Waals surface area (Å²) in [6, 6.07) is 5.15. The molecule has 106 valence electrons. The van der Waals surface area contributed by atoms with Crippen molar-refractivity contribution in [1.82, 2.24) is 9.78 Å². The molecule has 0 atom stereocenters. The van der Waals surface area contributed by atoms with Crippen molar-refractivity contribution in [1.29, 1.82) is 0 Å². The molecule has 0 saturated carbocycles. The van der Waals surface area contributed by atoms with E-state index in [0.29, 0.717) is 22.7 Å². The normalized spacial score (nSPS) is 10.6. The van der Waals surface area contributed by atoms with Crippen LogP contribution < -0.4 is 15.8 Å². The maximum Gasteiger partial charge on any atom is 0.255 e. The lowest BCUT2D eigenvalue weighted by atomic mass is 10.2. The van der Waals surface area contributed by atoms with E-state index < -0.39 is 0 Å². The number of carbonyl (C=O) groups is 1. The topological polar surface area (TPSA) is 82.2 Å². The van der Waals surface area contributed by atoms with Crippen LogP contribution in [-0.2, 0) is 0 Å². The summed E-state index contributed by atoms with van der Waals surface area (Å²) in [4.78, 5) is 12.1. The molecule has 1 amide bonds. The molecule has 0 spiro atoms. The second-order valence-electron chi connectivity index (χ2n) is 4.71. The maximum absolute atomic E-state index is 12.1. The Balaban J connectivity index is 2.15. The largest absolute Gasteiger partial charge is 0.495 e. The van der Waals surface area contributed by atoms with Gasteiger partial charge >= 0.3 is 0 Å². The summed E-state index contributed by atoms with van der Waals surface area (Å²) < 4.78 is 6.88. The van der Waals surface area contributed by atoms with Gasteiger partial charge < -0.3 is 15.8 Å². The highest BCUT2D eigenvalue weighted by Gasteiger charge is 2.10.